The van der Waals surface area contributed by atoms with E-state index in [1.807, 2.05) is 13.8 Å². The van der Waals surface area contributed by atoms with Crippen LogP contribution in [-0.2, 0) is 4.79 Å². The van der Waals surface area contributed by atoms with Crippen LogP contribution in [0.15, 0.2) is 42.5 Å². The first-order valence-corrected chi connectivity index (χ1v) is 9.43. The largest absolute Gasteiger partial charge is 0.479 e. The summed E-state index contributed by atoms with van der Waals surface area (Å²) in [6.07, 6.45) is -0.763. The number of halogens is 2. The third-order valence-corrected chi connectivity index (χ3v) is 4.55. The lowest BCUT2D eigenvalue weighted by Crippen LogP contribution is -2.31. The van der Waals surface area contributed by atoms with Crippen LogP contribution in [0, 0.1) is 0 Å². The van der Waals surface area contributed by atoms with Crippen molar-refractivity contribution >= 4 is 40.7 Å². The van der Waals surface area contributed by atoms with E-state index >= 15 is 0 Å². The van der Waals surface area contributed by atoms with Gasteiger partial charge < -0.3 is 15.0 Å². The number of carbonyl (C=O) groups excluding carboxylic acids is 2. The third kappa shape index (κ3) is 5.62. The number of ether oxygens (including phenoxy) is 1. The Morgan fingerprint density at radius 3 is 2.26 bits per heavy atom. The first kappa shape index (κ1) is 21.1. The normalized spacial score (nSPS) is 11.6. The predicted molar refractivity (Wildman–Crippen MR) is 109 cm³/mol. The average Bonchev–Trinajstić information content (AvgIpc) is 2.65. The van der Waals surface area contributed by atoms with Crippen molar-refractivity contribution in [2.45, 2.75) is 26.9 Å². The molecule has 5 nitrogen and oxygen atoms in total. The molecule has 0 aliphatic carbocycles. The zero-order valence-corrected chi connectivity index (χ0v) is 17.0. The molecule has 0 aliphatic heterocycles. The molecular weight excluding hydrogens is 387 g/mol. The van der Waals surface area contributed by atoms with E-state index < -0.39 is 6.10 Å². The van der Waals surface area contributed by atoms with Crippen LogP contribution in [-0.4, -0.2) is 35.9 Å². The van der Waals surface area contributed by atoms with Crippen molar-refractivity contribution in [2.24, 2.45) is 0 Å². The minimum absolute atomic E-state index is 0.0352. The summed E-state index contributed by atoms with van der Waals surface area (Å²) in [6, 6.07) is 11.6. The first-order valence-electron chi connectivity index (χ1n) is 8.67. The molecule has 0 heterocycles. The van der Waals surface area contributed by atoms with Gasteiger partial charge in [-0.1, -0.05) is 23.2 Å². The lowest BCUT2D eigenvalue weighted by molar-refractivity contribution is -0.122. The van der Waals surface area contributed by atoms with Gasteiger partial charge in [-0.25, -0.2) is 0 Å². The van der Waals surface area contributed by atoms with Gasteiger partial charge in [0.15, 0.2) is 6.10 Å². The maximum atomic E-state index is 12.3. The molecule has 0 fully saturated rings. The molecule has 0 radical (unpaired) electrons. The van der Waals surface area contributed by atoms with Crippen LogP contribution >= 0.6 is 23.2 Å². The van der Waals surface area contributed by atoms with E-state index in [2.05, 4.69) is 5.32 Å². The van der Waals surface area contributed by atoms with E-state index in [0.717, 1.165) is 0 Å². The fourth-order valence-electron chi connectivity index (χ4n) is 2.45. The zero-order chi connectivity index (χ0) is 20.0. The lowest BCUT2D eigenvalue weighted by Gasteiger charge is -2.19. The highest BCUT2D eigenvalue weighted by atomic mass is 35.5. The molecular formula is C20H22Cl2N2O3. The molecule has 2 amide bonds. The van der Waals surface area contributed by atoms with E-state index in [0.29, 0.717) is 40.1 Å². The monoisotopic (exact) mass is 408 g/mol. The molecule has 0 aromatic heterocycles. The molecule has 2 aromatic carbocycles. The Hall–Kier alpha value is -2.24. The zero-order valence-electron chi connectivity index (χ0n) is 15.5. The average molecular weight is 409 g/mol. The van der Waals surface area contributed by atoms with E-state index in [1.165, 1.54) is 0 Å². The van der Waals surface area contributed by atoms with Gasteiger partial charge in [0.05, 0.1) is 5.02 Å². The van der Waals surface area contributed by atoms with Gasteiger partial charge in [-0.2, -0.15) is 0 Å². The molecule has 0 bridgehead atoms. The second-order valence-electron chi connectivity index (χ2n) is 5.88. The molecule has 2 rings (SSSR count). The highest BCUT2D eigenvalue weighted by Crippen LogP contribution is 2.28. The molecule has 0 saturated heterocycles. The summed E-state index contributed by atoms with van der Waals surface area (Å²) in [5.41, 5.74) is 1.16. The van der Waals surface area contributed by atoms with Crippen LogP contribution < -0.4 is 10.1 Å². The fraction of sp³-hybridized carbons (Fsp3) is 0.300. The molecule has 1 atom stereocenters. The van der Waals surface area contributed by atoms with Crippen molar-refractivity contribution in [1.29, 1.82) is 0 Å². The summed E-state index contributed by atoms with van der Waals surface area (Å²) in [4.78, 5) is 26.4. The number of rotatable bonds is 7. The minimum atomic E-state index is -0.763. The number of amides is 2. The van der Waals surface area contributed by atoms with Crippen LogP contribution in [0.2, 0.25) is 10.0 Å². The highest BCUT2D eigenvalue weighted by Gasteiger charge is 2.17. The molecule has 27 heavy (non-hydrogen) atoms. The van der Waals surface area contributed by atoms with Gasteiger partial charge >= 0.3 is 0 Å². The van der Waals surface area contributed by atoms with Crippen LogP contribution in [0.1, 0.15) is 31.1 Å². The van der Waals surface area contributed by atoms with Crippen LogP contribution in [0.5, 0.6) is 5.75 Å². The number of hydrogen-bond donors (Lipinski definition) is 1. The molecule has 1 N–H and O–H groups in total. The van der Waals surface area contributed by atoms with Gasteiger partial charge in [0.1, 0.15) is 5.75 Å². The lowest BCUT2D eigenvalue weighted by atomic mass is 10.1. The highest BCUT2D eigenvalue weighted by molar-refractivity contribution is 6.35. The molecule has 144 valence electrons. The summed E-state index contributed by atoms with van der Waals surface area (Å²) in [5.74, 6) is 0.0136. The predicted octanol–water partition coefficient (Wildman–Crippen LogP) is 4.88. The van der Waals surface area contributed by atoms with Crippen molar-refractivity contribution in [1.82, 2.24) is 4.90 Å². The topological polar surface area (TPSA) is 58.6 Å². The molecule has 2 aromatic rings. The van der Waals surface area contributed by atoms with Crippen molar-refractivity contribution < 1.29 is 14.3 Å². The smallest absolute Gasteiger partial charge is 0.265 e. The standard InChI is InChI=1S/C20H22Cl2N2O3/c1-4-24(5-2)20(26)14-6-9-16(10-7-14)23-19(25)13(3)27-18-11-8-15(21)12-17(18)22/h6-13H,4-5H2,1-3H3,(H,23,25)/t13-/m1/s1. The summed E-state index contributed by atoms with van der Waals surface area (Å²) in [6.45, 7) is 6.79. The molecule has 7 heteroatoms. The number of anilines is 1. The summed E-state index contributed by atoms with van der Waals surface area (Å²) in [5, 5.41) is 3.58. The Kier molecular flexibility index (Phi) is 7.51. The van der Waals surface area contributed by atoms with Gasteiger partial charge in [-0.15, -0.1) is 0 Å². The van der Waals surface area contributed by atoms with Crippen molar-refractivity contribution in [2.75, 3.05) is 18.4 Å². The first-order chi connectivity index (χ1) is 12.8. The Morgan fingerprint density at radius 1 is 1.07 bits per heavy atom. The second-order valence-corrected chi connectivity index (χ2v) is 6.72. The quantitative estimate of drug-likeness (QED) is 0.709. The third-order valence-electron chi connectivity index (χ3n) is 4.02. The number of nitrogens with zero attached hydrogens (tertiary/aromatic N) is 1. The summed E-state index contributed by atoms with van der Waals surface area (Å²) < 4.78 is 5.59. The van der Waals surface area contributed by atoms with E-state index in [-0.39, 0.29) is 11.8 Å². The van der Waals surface area contributed by atoms with Crippen LogP contribution in [0.4, 0.5) is 5.69 Å². The second kappa shape index (κ2) is 9.62. The SMILES string of the molecule is CCN(CC)C(=O)c1ccc(NC(=O)[C@@H](C)Oc2ccc(Cl)cc2Cl)cc1. The van der Waals surface area contributed by atoms with E-state index in [9.17, 15) is 9.59 Å². The summed E-state index contributed by atoms with van der Waals surface area (Å²) >= 11 is 11.9. The van der Waals surface area contributed by atoms with Crippen molar-refractivity contribution in [3.63, 3.8) is 0 Å². The molecule has 0 spiro atoms. The maximum Gasteiger partial charge on any atom is 0.265 e. The Bertz CT molecular complexity index is 805. The van der Waals surface area contributed by atoms with Gasteiger partial charge in [-0.05, 0) is 63.2 Å². The van der Waals surface area contributed by atoms with Crippen LogP contribution in [0.3, 0.4) is 0 Å². The summed E-state index contributed by atoms with van der Waals surface area (Å²) in [7, 11) is 0. The Balaban J connectivity index is 1.99. The van der Waals surface area contributed by atoms with E-state index in [1.54, 1.807) is 54.3 Å². The van der Waals surface area contributed by atoms with Crippen molar-refractivity contribution in [3.8, 4) is 5.75 Å². The Morgan fingerprint density at radius 2 is 1.70 bits per heavy atom. The minimum Gasteiger partial charge on any atom is -0.479 e. The van der Waals surface area contributed by atoms with Gasteiger partial charge in [0.25, 0.3) is 11.8 Å². The maximum absolute atomic E-state index is 12.3. The van der Waals surface area contributed by atoms with E-state index in [4.69, 9.17) is 27.9 Å². The van der Waals surface area contributed by atoms with Gasteiger partial charge in [-0.3, -0.25) is 9.59 Å². The molecule has 0 unspecified atom stereocenters. The molecule has 0 saturated carbocycles. The van der Waals surface area contributed by atoms with Crippen LogP contribution in [0.25, 0.3) is 0 Å². The number of carbonyl (C=O) groups is 2. The Labute approximate surface area is 169 Å². The van der Waals surface area contributed by atoms with Crippen molar-refractivity contribution in [3.05, 3.63) is 58.1 Å². The number of benzene rings is 2. The molecule has 0 aliphatic rings. The fourth-order valence-corrected chi connectivity index (χ4v) is 2.90. The van der Waals surface area contributed by atoms with Gasteiger partial charge in [0, 0.05) is 29.4 Å². The number of nitrogens with one attached hydrogen (secondary N) is 1. The van der Waals surface area contributed by atoms with Gasteiger partial charge in [0.2, 0.25) is 0 Å². The number of hydrogen-bond acceptors (Lipinski definition) is 3.